The van der Waals surface area contributed by atoms with Crippen LogP contribution in [0.2, 0.25) is 0 Å². The normalized spacial score (nSPS) is 22.8. The van der Waals surface area contributed by atoms with Gasteiger partial charge >= 0.3 is 0 Å². The number of likely N-dealkylation sites (tertiary alicyclic amines) is 1. The van der Waals surface area contributed by atoms with Crippen LogP contribution < -0.4 is 10.2 Å². The highest BCUT2D eigenvalue weighted by Crippen LogP contribution is 2.29. The van der Waals surface area contributed by atoms with Gasteiger partial charge in [0.05, 0.1) is 0 Å². The Hall–Kier alpha value is -1.55. The van der Waals surface area contributed by atoms with Gasteiger partial charge in [-0.3, -0.25) is 4.79 Å². The van der Waals surface area contributed by atoms with Gasteiger partial charge in [0.15, 0.2) is 0 Å². The molecular weight excluding hydrogens is 298 g/mol. The van der Waals surface area contributed by atoms with E-state index >= 15 is 0 Å². The number of anilines is 1. The Morgan fingerprint density at radius 1 is 1.21 bits per heavy atom. The molecule has 1 aliphatic carbocycles. The zero-order chi connectivity index (χ0) is 17.1. The highest BCUT2D eigenvalue weighted by atomic mass is 16.2. The summed E-state index contributed by atoms with van der Waals surface area (Å²) in [5.74, 6) is 0.703. The third-order valence-corrected chi connectivity index (χ3v) is 5.58. The van der Waals surface area contributed by atoms with Crippen LogP contribution in [0.4, 0.5) is 5.69 Å². The summed E-state index contributed by atoms with van der Waals surface area (Å²) in [6, 6.07) is 9.24. The SMILES string of the molecule is C[C@@H](N[C@H]1CCN(C(=O)C2CCCC2)C1)c1ccccc1N(C)C. The van der Waals surface area contributed by atoms with E-state index in [0.717, 1.165) is 32.4 Å². The van der Waals surface area contributed by atoms with E-state index in [4.69, 9.17) is 0 Å². The van der Waals surface area contributed by atoms with Crippen LogP contribution in [0.1, 0.15) is 50.6 Å². The average molecular weight is 329 g/mol. The van der Waals surface area contributed by atoms with Crippen molar-refractivity contribution in [2.75, 3.05) is 32.1 Å². The number of benzene rings is 1. The van der Waals surface area contributed by atoms with Gasteiger partial charge in [-0.2, -0.15) is 0 Å². The first-order valence-corrected chi connectivity index (χ1v) is 9.37. The Morgan fingerprint density at radius 2 is 1.92 bits per heavy atom. The molecular formula is C20H31N3O. The minimum absolute atomic E-state index is 0.287. The van der Waals surface area contributed by atoms with Crippen molar-refractivity contribution >= 4 is 11.6 Å². The van der Waals surface area contributed by atoms with Crippen molar-refractivity contribution in [3.05, 3.63) is 29.8 Å². The molecule has 1 aliphatic heterocycles. The molecule has 2 aliphatic rings. The van der Waals surface area contributed by atoms with E-state index in [2.05, 4.69) is 60.4 Å². The molecule has 132 valence electrons. The molecule has 0 bridgehead atoms. The smallest absolute Gasteiger partial charge is 0.225 e. The second-order valence-corrected chi connectivity index (χ2v) is 7.59. The van der Waals surface area contributed by atoms with Gasteiger partial charge in [-0.25, -0.2) is 0 Å². The van der Waals surface area contributed by atoms with Crippen molar-refractivity contribution in [1.82, 2.24) is 10.2 Å². The van der Waals surface area contributed by atoms with Crippen LogP contribution >= 0.6 is 0 Å². The molecule has 4 heteroatoms. The van der Waals surface area contributed by atoms with E-state index in [9.17, 15) is 4.79 Å². The zero-order valence-corrected chi connectivity index (χ0v) is 15.3. The third-order valence-electron chi connectivity index (χ3n) is 5.58. The average Bonchev–Trinajstić information content (AvgIpc) is 3.26. The van der Waals surface area contributed by atoms with Crippen molar-refractivity contribution in [1.29, 1.82) is 0 Å². The lowest BCUT2D eigenvalue weighted by Crippen LogP contribution is -2.38. The number of nitrogens with one attached hydrogen (secondary N) is 1. The number of rotatable bonds is 5. The Balaban J connectivity index is 1.58. The molecule has 1 amide bonds. The van der Waals surface area contributed by atoms with Crippen LogP contribution in [-0.2, 0) is 4.79 Å². The number of para-hydroxylation sites is 1. The fourth-order valence-corrected chi connectivity index (χ4v) is 4.23. The van der Waals surface area contributed by atoms with Gasteiger partial charge in [0.1, 0.15) is 0 Å². The first-order valence-electron chi connectivity index (χ1n) is 9.37. The van der Waals surface area contributed by atoms with Gasteiger partial charge in [0.25, 0.3) is 0 Å². The summed E-state index contributed by atoms with van der Waals surface area (Å²) < 4.78 is 0. The van der Waals surface area contributed by atoms with E-state index in [1.807, 2.05) is 0 Å². The highest BCUT2D eigenvalue weighted by molar-refractivity contribution is 5.79. The molecule has 1 aromatic rings. The lowest BCUT2D eigenvalue weighted by Gasteiger charge is -2.25. The first kappa shape index (κ1) is 17.3. The zero-order valence-electron chi connectivity index (χ0n) is 15.3. The largest absolute Gasteiger partial charge is 0.377 e. The Morgan fingerprint density at radius 3 is 2.62 bits per heavy atom. The van der Waals surface area contributed by atoms with Gasteiger partial charge in [-0.1, -0.05) is 31.0 Å². The molecule has 1 saturated heterocycles. The van der Waals surface area contributed by atoms with Crippen LogP contribution in [0.25, 0.3) is 0 Å². The molecule has 1 heterocycles. The lowest BCUT2D eigenvalue weighted by atomic mass is 10.0. The standard InChI is InChI=1S/C20H31N3O/c1-15(18-10-6-7-11-19(18)22(2)3)21-17-12-13-23(14-17)20(24)16-8-4-5-9-16/h6-7,10-11,15-17,21H,4-5,8-9,12-14H2,1-3H3/t15-,17+/m1/s1. The molecule has 1 N–H and O–H groups in total. The van der Waals surface area contributed by atoms with Crippen molar-refractivity contribution in [2.45, 2.75) is 51.1 Å². The van der Waals surface area contributed by atoms with Crippen molar-refractivity contribution < 1.29 is 4.79 Å². The molecule has 2 atom stereocenters. The highest BCUT2D eigenvalue weighted by Gasteiger charge is 2.32. The van der Waals surface area contributed by atoms with E-state index in [0.29, 0.717) is 17.9 Å². The molecule has 2 fully saturated rings. The molecule has 0 aromatic heterocycles. The van der Waals surface area contributed by atoms with Gasteiger partial charge in [0, 0.05) is 50.9 Å². The molecule has 1 aromatic carbocycles. The molecule has 4 nitrogen and oxygen atoms in total. The van der Waals surface area contributed by atoms with E-state index in [-0.39, 0.29) is 6.04 Å². The summed E-state index contributed by atoms with van der Waals surface area (Å²) >= 11 is 0. The minimum Gasteiger partial charge on any atom is -0.377 e. The van der Waals surface area contributed by atoms with Crippen LogP contribution in [0.3, 0.4) is 0 Å². The summed E-state index contributed by atoms with van der Waals surface area (Å²) in [5.41, 5.74) is 2.58. The Labute approximate surface area is 146 Å². The number of hydrogen-bond donors (Lipinski definition) is 1. The number of amides is 1. The van der Waals surface area contributed by atoms with E-state index in [1.165, 1.54) is 24.1 Å². The van der Waals surface area contributed by atoms with Crippen LogP contribution in [0.5, 0.6) is 0 Å². The molecule has 0 unspecified atom stereocenters. The maximum atomic E-state index is 12.6. The van der Waals surface area contributed by atoms with Gasteiger partial charge in [0.2, 0.25) is 5.91 Å². The minimum atomic E-state index is 0.287. The van der Waals surface area contributed by atoms with Crippen LogP contribution in [0, 0.1) is 5.92 Å². The van der Waals surface area contributed by atoms with Gasteiger partial charge < -0.3 is 15.1 Å². The number of hydrogen-bond acceptors (Lipinski definition) is 3. The molecule has 0 radical (unpaired) electrons. The monoisotopic (exact) mass is 329 g/mol. The fraction of sp³-hybridized carbons (Fsp3) is 0.650. The topological polar surface area (TPSA) is 35.6 Å². The predicted octanol–water partition coefficient (Wildman–Crippen LogP) is 3.19. The summed E-state index contributed by atoms with van der Waals surface area (Å²) in [6.45, 7) is 4.00. The van der Waals surface area contributed by atoms with Crippen LogP contribution in [0.15, 0.2) is 24.3 Å². The second kappa shape index (κ2) is 7.56. The Kier molecular flexibility index (Phi) is 5.44. The summed E-state index contributed by atoms with van der Waals surface area (Å²) in [4.78, 5) is 16.8. The molecule has 24 heavy (non-hydrogen) atoms. The number of carbonyl (C=O) groups is 1. The quantitative estimate of drug-likeness (QED) is 0.901. The molecule has 3 rings (SSSR count). The summed E-state index contributed by atoms with van der Waals surface area (Å²) in [5, 5.41) is 3.75. The molecule has 1 saturated carbocycles. The predicted molar refractivity (Wildman–Crippen MR) is 99.3 cm³/mol. The fourth-order valence-electron chi connectivity index (χ4n) is 4.23. The second-order valence-electron chi connectivity index (χ2n) is 7.59. The van der Waals surface area contributed by atoms with Gasteiger partial charge in [-0.05, 0) is 37.8 Å². The van der Waals surface area contributed by atoms with Gasteiger partial charge in [-0.15, -0.1) is 0 Å². The summed E-state index contributed by atoms with van der Waals surface area (Å²) in [6.07, 6.45) is 5.71. The van der Waals surface area contributed by atoms with Crippen molar-refractivity contribution in [3.63, 3.8) is 0 Å². The van der Waals surface area contributed by atoms with E-state index < -0.39 is 0 Å². The van der Waals surface area contributed by atoms with Crippen molar-refractivity contribution in [3.8, 4) is 0 Å². The summed E-state index contributed by atoms with van der Waals surface area (Å²) in [7, 11) is 4.17. The van der Waals surface area contributed by atoms with Crippen molar-refractivity contribution in [2.24, 2.45) is 5.92 Å². The van der Waals surface area contributed by atoms with Crippen LogP contribution in [-0.4, -0.2) is 44.0 Å². The first-order chi connectivity index (χ1) is 11.6. The molecule has 0 spiro atoms. The number of carbonyl (C=O) groups excluding carboxylic acids is 1. The maximum absolute atomic E-state index is 12.6. The maximum Gasteiger partial charge on any atom is 0.225 e. The van der Waals surface area contributed by atoms with E-state index in [1.54, 1.807) is 0 Å². The number of nitrogens with zero attached hydrogens (tertiary/aromatic N) is 2. The Bertz CT molecular complexity index is 566. The lowest BCUT2D eigenvalue weighted by molar-refractivity contribution is -0.134. The third kappa shape index (κ3) is 3.75.